The van der Waals surface area contributed by atoms with Crippen molar-refractivity contribution in [2.24, 2.45) is 0 Å². The van der Waals surface area contributed by atoms with Crippen molar-refractivity contribution in [1.29, 1.82) is 0 Å². The Labute approximate surface area is 120 Å². The summed E-state index contributed by atoms with van der Waals surface area (Å²) in [5, 5.41) is 0. The second-order valence-electron chi connectivity index (χ2n) is 3.78. The zero-order valence-electron chi connectivity index (χ0n) is 11.1. The van der Waals surface area contributed by atoms with Gasteiger partial charge in [-0.25, -0.2) is 0 Å². The third kappa shape index (κ3) is 5.74. The van der Waals surface area contributed by atoms with Crippen LogP contribution in [0.25, 0.3) is 0 Å². The maximum absolute atomic E-state index is 2.24. The molecule has 106 valence electrons. The lowest BCUT2D eigenvalue weighted by molar-refractivity contribution is 0.777. The predicted octanol–water partition coefficient (Wildman–Crippen LogP) is 6.53. The molecule has 0 heterocycles. The number of hydrogen-bond acceptors (Lipinski definition) is 0. The first-order chi connectivity index (χ1) is 8.42. The van der Waals surface area contributed by atoms with Crippen molar-refractivity contribution in [3.05, 3.63) is 71.8 Å². The molecule has 0 saturated carbocycles. The molecule has 19 heavy (non-hydrogen) atoms. The van der Waals surface area contributed by atoms with Crippen LogP contribution in [0.2, 0.25) is 0 Å². The van der Waals surface area contributed by atoms with E-state index in [9.17, 15) is 0 Å². The van der Waals surface area contributed by atoms with Gasteiger partial charge >= 0.3 is 0 Å². The monoisotopic (exact) mass is 258 g/mol. The summed E-state index contributed by atoms with van der Waals surface area (Å²) in [6.45, 7) is 6.24. The average molecular weight is 258 g/mol. The minimum atomic E-state index is 0. The highest BCUT2D eigenvalue weighted by Crippen LogP contribution is 2.26. The Bertz CT molecular complexity index is 349. The van der Waals surface area contributed by atoms with Gasteiger partial charge in [0.1, 0.15) is 0 Å². The van der Waals surface area contributed by atoms with Gasteiger partial charge in [0, 0.05) is 5.92 Å². The quantitative estimate of drug-likeness (QED) is 0.587. The summed E-state index contributed by atoms with van der Waals surface area (Å²) in [7, 11) is 0. The smallest absolute Gasteiger partial charge is 0.00867 e. The summed E-state index contributed by atoms with van der Waals surface area (Å²) in [6.07, 6.45) is 1.15. The molecule has 0 aromatic heterocycles. The molecule has 0 fully saturated rings. The van der Waals surface area contributed by atoms with Gasteiger partial charge in [0.05, 0.1) is 0 Å². The molecule has 0 N–H and O–H groups in total. The molecule has 2 aromatic rings. The normalized spacial score (nSPS) is 8.63. The highest BCUT2D eigenvalue weighted by atomic mass is 14.1. The van der Waals surface area contributed by atoms with Crippen molar-refractivity contribution >= 4 is 0 Å². The van der Waals surface area contributed by atoms with E-state index in [1.54, 1.807) is 0 Å². The van der Waals surface area contributed by atoms with Crippen LogP contribution in [0.15, 0.2) is 60.7 Å². The van der Waals surface area contributed by atoms with Crippen LogP contribution < -0.4 is 0 Å². The average Bonchev–Trinajstić information content (AvgIpc) is 2.44. The van der Waals surface area contributed by atoms with Gasteiger partial charge in [0.25, 0.3) is 0 Å². The van der Waals surface area contributed by atoms with E-state index >= 15 is 0 Å². The van der Waals surface area contributed by atoms with E-state index in [1.807, 2.05) is 13.8 Å². The fourth-order valence-corrected chi connectivity index (χ4v) is 2.03. The van der Waals surface area contributed by atoms with Crippen LogP contribution in [0, 0.1) is 0 Å². The summed E-state index contributed by atoms with van der Waals surface area (Å²) in [5.74, 6) is 0.535. The fourth-order valence-electron chi connectivity index (χ4n) is 2.03. The zero-order valence-corrected chi connectivity index (χ0v) is 11.1. The molecule has 0 atom stereocenters. The molecule has 0 aliphatic heterocycles. The van der Waals surface area contributed by atoms with Crippen molar-refractivity contribution in [2.75, 3.05) is 0 Å². The molecule has 0 heteroatoms. The molecule has 0 aliphatic carbocycles. The van der Waals surface area contributed by atoms with E-state index in [0.29, 0.717) is 5.92 Å². The SMILES string of the molecule is C.C.CC.CCC(c1ccccc1)c1ccccc1. The largest absolute Gasteiger partial charge is 0.0776 e. The van der Waals surface area contributed by atoms with E-state index in [1.165, 1.54) is 11.1 Å². The van der Waals surface area contributed by atoms with Gasteiger partial charge in [-0.3, -0.25) is 0 Å². The Morgan fingerprint density at radius 1 is 0.684 bits per heavy atom. The van der Waals surface area contributed by atoms with Crippen LogP contribution in [0.5, 0.6) is 0 Å². The summed E-state index contributed by atoms with van der Waals surface area (Å²) < 4.78 is 0. The van der Waals surface area contributed by atoms with Crippen molar-refractivity contribution in [3.63, 3.8) is 0 Å². The standard InChI is InChI=1S/C15H16.C2H6.2CH4/c1-2-15(13-9-5-3-6-10-13)14-11-7-4-8-12-14;1-2;;/h3-12,15H,2H2,1H3;1-2H3;2*1H4. The Kier molecular flexibility index (Phi) is 12.0. The van der Waals surface area contributed by atoms with E-state index in [0.717, 1.165) is 6.42 Å². The fraction of sp³-hybridized carbons (Fsp3) is 0.368. The highest BCUT2D eigenvalue weighted by Gasteiger charge is 2.10. The second-order valence-corrected chi connectivity index (χ2v) is 3.78. The lowest BCUT2D eigenvalue weighted by Gasteiger charge is -2.15. The molecule has 0 radical (unpaired) electrons. The van der Waals surface area contributed by atoms with Gasteiger partial charge in [-0.2, -0.15) is 0 Å². The van der Waals surface area contributed by atoms with Gasteiger partial charge in [-0.1, -0.05) is 96.3 Å². The van der Waals surface area contributed by atoms with Gasteiger partial charge in [-0.15, -0.1) is 0 Å². The Morgan fingerprint density at radius 3 is 1.26 bits per heavy atom. The molecular formula is C19H30. The lowest BCUT2D eigenvalue weighted by Crippen LogP contribution is -1.98. The minimum Gasteiger partial charge on any atom is -0.0776 e. The van der Waals surface area contributed by atoms with Crippen molar-refractivity contribution in [3.8, 4) is 0 Å². The summed E-state index contributed by atoms with van der Waals surface area (Å²) in [4.78, 5) is 0. The zero-order chi connectivity index (χ0) is 12.5. The van der Waals surface area contributed by atoms with Crippen LogP contribution in [0.4, 0.5) is 0 Å². The predicted molar refractivity (Wildman–Crippen MR) is 89.8 cm³/mol. The molecule has 2 rings (SSSR count). The number of benzene rings is 2. The van der Waals surface area contributed by atoms with Crippen LogP contribution >= 0.6 is 0 Å². The first kappa shape index (κ1) is 19.8. The third-order valence-electron chi connectivity index (χ3n) is 2.81. The lowest BCUT2D eigenvalue weighted by atomic mass is 9.89. The summed E-state index contributed by atoms with van der Waals surface area (Å²) in [5.41, 5.74) is 2.82. The molecule has 0 bridgehead atoms. The van der Waals surface area contributed by atoms with Gasteiger partial charge in [0.15, 0.2) is 0 Å². The van der Waals surface area contributed by atoms with E-state index < -0.39 is 0 Å². The number of rotatable bonds is 3. The van der Waals surface area contributed by atoms with E-state index in [4.69, 9.17) is 0 Å². The van der Waals surface area contributed by atoms with Crippen molar-refractivity contribution in [2.45, 2.75) is 48.0 Å². The first-order valence-corrected chi connectivity index (χ1v) is 6.51. The Balaban J connectivity index is 0. The third-order valence-corrected chi connectivity index (χ3v) is 2.81. The van der Waals surface area contributed by atoms with Crippen LogP contribution in [0.3, 0.4) is 0 Å². The topological polar surface area (TPSA) is 0 Å². The highest BCUT2D eigenvalue weighted by molar-refractivity contribution is 5.31. The Morgan fingerprint density at radius 2 is 1.00 bits per heavy atom. The first-order valence-electron chi connectivity index (χ1n) is 6.51. The van der Waals surface area contributed by atoms with Crippen molar-refractivity contribution < 1.29 is 0 Å². The molecule has 0 spiro atoms. The van der Waals surface area contributed by atoms with Crippen LogP contribution in [-0.4, -0.2) is 0 Å². The van der Waals surface area contributed by atoms with Gasteiger partial charge in [-0.05, 0) is 17.5 Å². The van der Waals surface area contributed by atoms with Gasteiger partial charge in [0.2, 0.25) is 0 Å². The minimum absolute atomic E-state index is 0. The van der Waals surface area contributed by atoms with Crippen LogP contribution in [-0.2, 0) is 0 Å². The van der Waals surface area contributed by atoms with Gasteiger partial charge < -0.3 is 0 Å². The van der Waals surface area contributed by atoms with Crippen LogP contribution in [0.1, 0.15) is 59.1 Å². The van der Waals surface area contributed by atoms with Crippen molar-refractivity contribution in [1.82, 2.24) is 0 Å². The molecule has 0 unspecified atom stereocenters. The molecule has 0 saturated heterocycles. The summed E-state index contributed by atoms with van der Waals surface area (Å²) >= 11 is 0. The molecule has 0 aliphatic rings. The van der Waals surface area contributed by atoms with E-state index in [2.05, 4.69) is 67.6 Å². The molecule has 2 aromatic carbocycles. The Hall–Kier alpha value is -1.56. The maximum atomic E-state index is 2.24. The van der Waals surface area contributed by atoms with E-state index in [-0.39, 0.29) is 14.9 Å². The summed E-state index contributed by atoms with van der Waals surface area (Å²) in [6, 6.07) is 21.4. The number of hydrogen-bond donors (Lipinski definition) is 0. The second kappa shape index (κ2) is 11.5. The molecule has 0 nitrogen and oxygen atoms in total. The molecular weight excluding hydrogens is 228 g/mol. The maximum Gasteiger partial charge on any atom is 0.00867 e. The molecule has 0 amide bonds.